The molecular weight excluding hydrogens is 324 g/mol. The molecule has 0 saturated carbocycles. The van der Waals surface area contributed by atoms with Crippen LogP contribution in [0.5, 0.6) is 0 Å². The number of benzene rings is 2. The van der Waals surface area contributed by atoms with Crippen LogP contribution < -0.4 is 0 Å². The van der Waals surface area contributed by atoms with Gasteiger partial charge >= 0.3 is 0 Å². The quantitative estimate of drug-likeness (QED) is 0.682. The summed E-state index contributed by atoms with van der Waals surface area (Å²) in [6.45, 7) is 0. The second kappa shape index (κ2) is 5.64. The molecule has 0 aliphatic rings. The Labute approximate surface area is 132 Å². The zero-order valence-electron chi connectivity index (χ0n) is 10.9. The van der Waals surface area contributed by atoms with Gasteiger partial charge in [0, 0.05) is 10.6 Å². The number of halogens is 1. The van der Waals surface area contributed by atoms with Crippen LogP contribution in [0.2, 0.25) is 5.02 Å². The van der Waals surface area contributed by atoms with Crippen LogP contribution in [-0.4, -0.2) is 8.42 Å². The van der Waals surface area contributed by atoms with E-state index in [4.69, 9.17) is 11.6 Å². The smallest absolute Gasteiger partial charge is 0.216 e. The molecule has 0 bridgehead atoms. The predicted molar refractivity (Wildman–Crippen MR) is 86.7 cm³/mol. The molecule has 106 valence electrons. The highest BCUT2D eigenvalue weighted by atomic mass is 35.5. The van der Waals surface area contributed by atoms with Gasteiger partial charge in [0.15, 0.2) is 0 Å². The first kappa shape index (κ1) is 14.3. The summed E-state index contributed by atoms with van der Waals surface area (Å²) in [6, 6.07) is 17.5. The lowest BCUT2D eigenvalue weighted by atomic mass is 10.1. The van der Waals surface area contributed by atoms with E-state index >= 15 is 0 Å². The van der Waals surface area contributed by atoms with E-state index in [0.29, 0.717) is 19.7 Å². The van der Waals surface area contributed by atoms with Crippen LogP contribution in [0.15, 0.2) is 75.1 Å². The highest BCUT2D eigenvalue weighted by Crippen LogP contribution is 2.36. The third-order valence-corrected chi connectivity index (χ3v) is 6.59. The van der Waals surface area contributed by atoms with Gasteiger partial charge in [-0.05, 0) is 41.3 Å². The maximum absolute atomic E-state index is 12.7. The van der Waals surface area contributed by atoms with Crippen molar-refractivity contribution >= 4 is 32.8 Å². The lowest BCUT2D eigenvalue weighted by Crippen LogP contribution is -2.00. The van der Waals surface area contributed by atoms with Crippen molar-refractivity contribution < 1.29 is 8.42 Å². The maximum atomic E-state index is 12.7. The van der Waals surface area contributed by atoms with E-state index in [1.165, 1.54) is 11.3 Å². The Morgan fingerprint density at radius 1 is 0.857 bits per heavy atom. The molecule has 0 saturated heterocycles. The Kier molecular flexibility index (Phi) is 3.85. The highest BCUT2D eigenvalue weighted by molar-refractivity contribution is 7.93. The normalized spacial score (nSPS) is 11.5. The zero-order valence-corrected chi connectivity index (χ0v) is 13.3. The zero-order chi connectivity index (χ0) is 14.9. The van der Waals surface area contributed by atoms with Crippen molar-refractivity contribution in [1.29, 1.82) is 0 Å². The lowest BCUT2D eigenvalue weighted by Gasteiger charge is -2.06. The van der Waals surface area contributed by atoms with E-state index in [9.17, 15) is 8.42 Å². The summed E-state index contributed by atoms with van der Waals surface area (Å²) in [5, 5.41) is 2.42. The van der Waals surface area contributed by atoms with Crippen LogP contribution >= 0.6 is 22.9 Å². The predicted octanol–water partition coefficient (Wildman–Crippen LogP) is 4.90. The Balaban J connectivity index is 2.13. The lowest BCUT2D eigenvalue weighted by molar-refractivity contribution is 0.598. The molecule has 0 aliphatic heterocycles. The average Bonchev–Trinajstić information content (AvgIpc) is 2.99. The van der Waals surface area contributed by atoms with Gasteiger partial charge in [-0.15, -0.1) is 11.3 Å². The van der Waals surface area contributed by atoms with E-state index in [-0.39, 0.29) is 0 Å². The van der Waals surface area contributed by atoms with Gasteiger partial charge in [-0.2, -0.15) is 0 Å². The largest absolute Gasteiger partial charge is 0.218 e. The van der Waals surface area contributed by atoms with E-state index in [1.54, 1.807) is 47.8 Å². The second-order valence-electron chi connectivity index (χ2n) is 4.45. The molecule has 3 rings (SSSR count). The molecule has 0 aliphatic carbocycles. The summed E-state index contributed by atoms with van der Waals surface area (Å²) in [4.78, 5) is 0.308. The number of rotatable bonds is 3. The average molecular weight is 335 g/mol. The van der Waals surface area contributed by atoms with Crippen LogP contribution in [0.1, 0.15) is 0 Å². The Hall–Kier alpha value is -1.62. The Morgan fingerprint density at radius 2 is 1.52 bits per heavy atom. The third-order valence-electron chi connectivity index (χ3n) is 3.08. The van der Waals surface area contributed by atoms with Crippen LogP contribution in [0.3, 0.4) is 0 Å². The molecule has 0 spiro atoms. The van der Waals surface area contributed by atoms with Gasteiger partial charge in [-0.1, -0.05) is 41.9 Å². The molecule has 5 heteroatoms. The van der Waals surface area contributed by atoms with Crippen molar-refractivity contribution in [3.8, 4) is 11.1 Å². The van der Waals surface area contributed by atoms with Crippen LogP contribution in [0, 0.1) is 0 Å². The summed E-state index contributed by atoms with van der Waals surface area (Å²) >= 11 is 7.11. The van der Waals surface area contributed by atoms with Gasteiger partial charge < -0.3 is 0 Å². The molecule has 0 N–H and O–H groups in total. The van der Waals surface area contributed by atoms with Gasteiger partial charge in [-0.3, -0.25) is 0 Å². The van der Waals surface area contributed by atoms with E-state index in [2.05, 4.69) is 0 Å². The van der Waals surface area contributed by atoms with Gasteiger partial charge in [0.2, 0.25) is 9.84 Å². The minimum Gasteiger partial charge on any atom is -0.218 e. The first-order valence-corrected chi connectivity index (χ1v) is 8.97. The molecule has 2 aromatic carbocycles. The van der Waals surface area contributed by atoms with Gasteiger partial charge in [0.1, 0.15) is 4.21 Å². The Morgan fingerprint density at radius 3 is 2.19 bits per heavy atom. The van der Waals surface area contributed by atoms with Gasteiger partial charge in [0.25, 0.3) is 0 Å². The van der Waals surface area contributed by atoms with E-state index < -0.39 is 9.84 Å². The number of hydrogen-bond acceptors (Lipinski definition) is 3. The second-order valence-corrected chi connectivity index (χ2v) is 7.94. The first-order chi connectivity index (χ1) is 10.1. The summed E-state index contributed by atoms with van der Waals surface area (Å²) in [6.07, 6.45) is 0. The fraction of sp³-hybridized carbons (Fsp3) is 0. The molecule has 3 aromatic rings. The number of hydrogen-bond donors (Lipinski definition) is 0. The molecule has 0 atom stereocenters. The van der Waals surface area contributed by atoms with E-state index in [0.717, 1.165) is 5.56 Å². The number of sulfone groups is 1. The minimum absolute atomic E-state index is 0.308. The Bertz CT molecular complexity index is 851. The molecule has 0 unspecified atom stereocenters. The van der Waals surface area contributed by atoms with Crippen molar-refractivity contribution in [2.75, 3.05) is 0 Å². The van der Waals surface area contributed by atoms with Crippen molar-refractivity contribution in [1.82, 2.24) is 0 Å². The molecule has 0 amide bonds. The number of thiophene rings is 1. The molecule has 0 fully saturated rings. The van der Waals surface area contributed by atoms with Crippen molar-refractivity contribution in [3.05, 3.63) is 71.1 Å². The standard InChI is InChI=1S/C16H11ClO2S2/c17-13-8-6-12(7-9-13)15-10-11-20-16(15)21(18,19)14-4-2-1-3-5-14/h1-11H. The summed E-state index contributed by atoms with van der Waals surface area (Å²) < 4.78 is 25.8. The fourth-order valence-electron chi connectivity index (χ4n) is 2.05. The summed E-state index contributed by atoms with van der Waals surface area (Å²) in [5.74, 6) is 0. The SMILES string of the molecule is O=S(=O)(c1ccccc1)c1sccc1-c1ccc(Cl)cc1. The minimum atomic E-state index is -3.50. The fourth-order valence-corrected chi connectivity index (χ4v) is 4.99. The maximum Gasteiger partial charge on any atom is 0.216 e. The summed E-state index contributed by atoms with van der Waals surface area (Å²) in [5.41, 5.74) is 1.55. The topological polar surface area (TPSA) is 34.1 Å². The van der Waals surface area contributed by atoms with Crippen molar-refractivity contribution in [2.45, 2.75) is 9.10 Å². The van der Waals surface area contributed by atoms with Crippen LogP contribution in [0.25, 0.3) is 11.1 Å². The monoisotopic (exact) mass is 334 g/mol. The van der Waals surface area contributed by atoms with Crippen molar-refractivity contribution in [3.63, 3.8) is 0 Å². The molecule has 21 heavy (non-hydrogen) atoms. The van der Waals surface area contributed by atoms with Crippen molar-refractivity contribution in [2.24, 2.45) is 0 Å². The molecular formula is C16H11ClO2S2. The molecule has 1 heterocycles. The molecule has 2 nitrogen and oxygen atoms in total. The van der Waals surface area contributed by atoms with Gasteiger partial charge in [-0.25, -0.2) is 8.42 Å². The van der Waals surface area contributed by atoms with Crippen LogP contribution in [0.4, 0.5) is 0 Å². The van der Waals surface area contributed by atoms with Gasteiger partial charge in [0.05, 0.1) is 4.90 Å². The van der Waals surface area contributed by atoms with Crippen LogP contribution in [-0.2, 0) is 9.84 Å². The van der Waals surface area contributed by atoms with E-state index in [1.807, 2.05) is 18.2 Å². The highest BCUT2D eigenvalue weighted by Gasteiger charge is 2.23. The molecule has 0 radical (unpaired) electrons. The first-order valence-electron chi connectivity index (χ1n) is 6.22. The molecule has 1 aromatic heterocycles. The third kappa shape index (κ3) is 2.75. The summed E-state index contributed by atoms with van der Waals surface area (Å²) in [7, 11) is -3.50.